The average molecular weight is 268 g/mol. The first-order valence-electron chi connectivity index (χ1n) is 6.52. The van der Waals surface area contributed by atoms with Crippen LogP contribution in [0.2, 0.25) is 0 Å². The molecule has 1 amide bonds. The number of nitrogens with zero attached hydrogens (tertiary/aromatic N) is 2. The lowest BCUT2D eigenvalue weighted by Gasteiger charge is -2.09. The zero-order valence-corrected chi connectivity index (χ0v) is 12.4. The van der Waals surface area contributed by atoms with Crippen LogP contribution in [-0.4, -0.2) is 42.5 Å². The summed E-state index contributed by atoms with van der Waals surface area (Å²) in [6.45, 7) is 9.53. The van der Waals surface area contributed by atoms with E-state index < -0.39 is 0 Å². The van der Waals surface area contributed by atoms with Crippen LogP contribution in [0.5, 0.6) is 0 Å². The van der Waals surface area contributed by atoms with Gasteiger partial charge in [0.05, 0.1) is 30.2 Å². The van der Waals surface area contributed by atoms with Gasteiger partial charge in [-0.25, -0.2) is 0 Å². The molecule has 0 radical (unpaired) electrons. The van der Waals surface area contributed by atoms with Gasteiger partial charge in [0.25, 0.3) is 0 Å². The summed E-state index contributed by atoms with van der Waals surface area (Å²) in [6.07, 6.45) is 0. The second-order valence-electron chi connectivity index (χ2n) is 4.80. The van der Waals surface area contributed by atoms with Crippen LogP contribution in [0.15, 0.2) is 0 Å². The molecule has 0 saturated heterocycles. The first kappa shape index (κ1) is 15.7. The topological polar surface area (TPSA) is 68.2 Å². The van der Waals surface area contributed by atoms with Crippen molar-refractivity contribution in [2.24, 2.45) is 0 Å². The standard InChI is InChI=1S/C13H24N4O2/c1-9(2)17-11(4)13(10(3)16-17)15-12(18)8-14-6-7-19-5/h9,14H,6-8H2,1-5H3,(H,15,18). The van der Waals surface area contributed by atoms with Crippen LogP contribution in [0.4, 0.5) is 5.69 Å². The Bertz CT molecular complexity index is 427. The third-order valence-corrected chi connectivity index (χ3v) is 2.85. The van der Waals surface area contributed by atoms with E-state index in [2.05, 4.69) is 29.6 Å². The molecule has 108 valence electrons. The molecule has 6 nitrogen and oxygen atoms in total. The number of hydrogen-bond donors (Lipinski definition) is 2. The predicted molar refractivity (Wildman–Crippen MR) is 75.5 cm³/mol. The van der Waals surface area contributed by atoms with Crippen LogP contribution in [0.25, 0.3) is 0 Å². The number of methoxy groups -OCH3 is 1. The lowest BCUT2D eigenvalue weighted by molar-refractivity contribution is -0.115. The summed E-state index contributed by atoms with van der Waals surface area (Å²) in [5, 5.41) is 10.3. The van der Waals surface area contributed by atoms with Crippen LogP contribution < -0.4 is 10.6 Å². The minimum absolute atomic E-state index is 0.0643. The molecular formula is C13H24N4O2. The Kier molecular flexibility index (Phi) is 5.98. The van der Waals surface area contributed by atoms with Crippen molar-refractivity contribution in [2.45, 2.75) is 33.7 Å². The summed E-state index contributed by atoms with van der Waals surface area (Å²) in [7, 11) is 1.63. The molecule has 6 heteroatoms. The van der Waals surface area contributed by atoms with E-state index in [1.165, 1.54) is 0 Å². The van der Waals surface area contributed by atoms with Gasteiger partial charge in [-0.15, -0.1) is 0 Å². The second-order valence-corrected chi connectivity index (χ2v) is 4.80. The van der Waals surface area contributed by atoms with Crippen LogP contribution in [0.1, 0.15) is 31.3 Å². The van der Waals surface area contributed by atoms with Gasteiger partial charge in [0.15, 0.2) is 0 Å². The van der Waals surface area contributed by atoms with Crippen molar-refractivity contribution in [3.8, 4) is 0 Å². The molecular weight excluding hydrogens is 244 g/mol. The quantitative estimate of drug-likeness (QED) is 0.730. The molecule has 0 aliphatic rings. The Morgan fingerprint density at radius 1 is 1.42 bits per heavy atom. The third kappa shape index (κ3) is 4.33. The van der Waals surface area contributed by atoms with Crippen molar-refractivity contribution in [3.63, 3.8) is 0 Å². The van der Waals surface area contributed by atoms with Gasteiger partial charge >= 0.3 is 0 Å². The highest BCUT2D eigenvalue weighted by atomic mass is 16.5. The van der Waals surface area contributed by atoms with Gasteiger partial charge < -0.3 is 15.4 Å². The predicted octanol–water partition coefficient (Wildman–Crippen LogP) is 1.26. The number of carbonyl (C=O) groups excluding carboxylic acids is 1. The van der Waals surface area contributed by atoms with Crippen LogP contribution in [0.3, 0.4) is 0 Å². The first-order valence-corrected chi connectivity index (χ1v) is 6.52. The van der Waals surface area contributed by atoms with Crippen LogP contribution >= 0.6 is 0 Å². The Balaban J connectivity index is 2.59. The number of carbonyl (C=O) groups is 1. The monoisotopic (exact) mass is 268 g/mol. The molecule has 19 heavy (non-hydrogen) atoms. The van der Waals surface area contributed by atoms with E-state index in [-0.39, 0.29) is 18.5 Å². The van der Waals surface area contributed by atoms with E-state index in [0.29, 0.717) is 13.2 Å². The number of anilines is 1. The van der Waals surface area contributed by atoms with E-state index in [1.807, 2.05) is 18.5 Å². The largest absolute Gasteiger partial charge is 0.383 e. The van der Waals surface area contributed by atoms with Crippen LogP contribution in [-0.2, 0) is 9.53 Å². The summed E-state index contributed by atoms with van der Waals surface area (Å²) < 4.78 is 6.82. The Morgan fingerprint density at radius 3 is 2.63 bits per heavy atom. The molecule has 1 aromatic rings. The van der Waals surface area contributed by atoms with E-state index in [1.54, 1.807) is 7.11 Å². The molecule has 0 aromatic carbocycles. The van der Waals surface area contributed by atoms with E-state index >= 15 is 0 Å². The van der Waals surface area contributed by atoms with E-state index in [9.17, 15) is 4.79 Å². The maximum absolute atomic E-state index is 11.8. The molecule has 0 atom stereocenters. The van der Waals surface area contributed by atoms with Gasteiger partial charge in [0.2, 0.25) is 5.91 Å². The number of nitrogens with one attached hydrogen (secondary N) is 2. The molecule has 0 unspecified atom stereocenters. The molecule has 0 aliphatic carbocycles. The number of rotatable bonds is 7. The summed E-state index contributed by atoms with van der Waals surface area (Å²) in [4.78, 5) is 11.8. The fraction of sp³-hybridized carbons (Fsp3) is 0.692. The van der Waals surface area contributed by atoms with Crippen molar-refractivity contribution in [2.75, 3.05) is 32.1 Å². The highest BCUT2D eigenvalue weighted by Gasteiger charge is 2.15. The normalized spacial score (nSPS) is 11.1. The molecule has 1 aromatic heterocycles. The Morgan fingerprint density at radius 2 is 2.11 bits per heavy atom. The van der Waals surface area contributed by atoms with E-state index in [0.717, 1.165) is 17.1 Å². The highest BCUT2D eigenvalue weighted by Crippen LogP contribution is 2.22. The molecule has 1 heterocycles. The minimum Gasteiger partial charge on any atom is -0.383 e. The Hall–Kier alpha value is -1.40. The number of hydrogen-bond acceptors (Lipinski definition) is 4. The SMILES string of the molecule is COCCNCC(=O)Nc1c(C)nn(C(C)C)c1C. The minimum atomic E-state index is -0.0643. The van der Waals surface area contributed by atoms with Gasteiger partial charge in [0, 0.05) is 19.7 Å². The lowest BCUT2D eigenvalue weighted by Crippen LogP contribution is -2.30. The molecule has 2 N–H and O–H groups in total. The maximum Gasteiger partial charge on any atom is 0.238 e. The molecule has 0 fully saturated rings. The first-order chi connectivity index (χ1) is 8.97. The van der Waals surface area contributed by atoms with Crippen molar-refractivity contribution in [1.29, 1.82) is 0 Å². The summed E-state index contributed by atoms with van der Waals surface area (Å²) in [6, 6.07) is 0.282. The summed E-state index contributed by atoms with van der Waals surface area (Å²) in [5.41, 5.74) is 2.64. The number of amides is 1. The molecule has 0 spiro atoms. The zero-order chi connectivity index (χ0) is 14.4. The highest BCUT2D eigenvalue weighted by molar-refractivity contribution is 5.93. The summed E-state index contributed by atoms with van der Waals surface area (Å²) >= 11 is 0. The number of ether oxygens (including phenoxy) is 1. The van der Waals surface area contributed by atoms with E-state index in [4.69, 9.17) is 4.74 Å². The van der Waals surface area contributed by atoms with Gasteiger partial charge in [-0.1, -0.05) is 0 Å². The van der Waals surface area contributed by atoms with Crippen molar-refractivity contribution in [1.82, 2.24) is 15.1 Å². The maximum atomic E-state index is 11.8. The zero-order valence-electron chi connectivity index (χ0n) is 12.4. The van der Waals surface area contributed by atoms with Gasteiger partial charge in [-0.2, -0.15) is 5.10 Å². The summed E-state index contributed by atoms with van der Waals surface area (Å²) in [5.74, 6) is -0.0643. The second kappa shape index (κ2) is 7.25. The molecule has 0 bridgehead atoms. The third-order valence-electron chi connectivity index (χ3n) is 2.85. The molecule has 0 aliphatic heterocycles. The number of aryl methyl sites for hydroxylation is 1. The lowest BCUT2D eigenvalue weighted by atomic mass is 10.3. The van der Waals surface area contributed by atoms with Crippen molar-refractivity contribution >= 4 is 11.6 Å². The number of aromatic nitrogens is 2. The average Bonchev–Trinajstić information content (AvgIpc) is 2.63. The van der Waals surface area contributed by atoms with Crippen molar-refractivity contribution in [3.05, 3.63) is 11.4 Å². The van der Waals surface area contributed by atoms with Gasteiger partial charge in [0.1, 0.15) is 0 Å². The fourth-order valence-electron chi connectivity index (χ4n) is 1.91. The van der Waals surface area contributed by atoms with Crippen molar-refractivity contribution < 1.29 is 9.53 Å². The smallest absolute Gasteiger partial charge is 0.238 e. The Labute approximate surface area is 114 Å². The fourth-order valence-corrected chi connectivity index (χ4v) is 1.91. The molecule has 1 rings (SSSR count). The van der Waals surface area contributed by atoms with Gasteiger partial charge in [-0.05, 0) is 27.7 Å². The molecule has 0 saturated carbocycles. The van der Waals surface area contributed by atoms with Gasteiger partial charge in [-0.3, -0.25) is 9.48 Å². The van der Waals surface area contributed by atoms with Crippen LogP contribution in [0, 0.1) is 13.8 Å².